The van der Waals surface area contributed by atoms with Gasteiger partial charge in [-0.05, 0) is 12.1 Å². The maximum Gasteiger partial charge on any atom is 0.243 e. The highest BCUT2D eigenvalue weighted by Gasteiger charge is 2.24. The number of amides is 1. The highest BCUT2D eigenvalue weighted by atomic mass is 32.2. The second kappa shape index (κ2) is 5.68. The van der Waals surface area contributed by atoms with E-state index >= 15 is 0 Å². The molecule has 2 rings (SSSR count). The van der Waals surface area contributed by atoms with Crippen molar-refractivity contribution in [1.82, 2.24) is 9.62 Å². The molecule has 1 aliphatic heterocycles. The van der Waals surface area contributed by atoms with Gasteiger partial charge in [-0.2, -0.15) is 4.31 Å². The highest BCUT2D eigenvalue weighted by Crippen LogP contribution is 2.32. The van der Waals surface area contributed by atoms with Crippen LogP contribution >= 0.6 is 0 Å². The van der Waals surface area contributed by atoms with Crippen LogP contribution in [-0.4, -0.2) is 52.5 Å². The lowest BCUT2D eigenvalue weighted by Gasteiger charge is -2.20. The molecule has 20 heavy (non-hydrogen) atoms. The second-order valence-electron chi connectivity index (χ2n) is 4.24. The Bertz CT molecular complexity index is 614. The number of hydrogen-bond acceptors (Lipinski definition) is 5. The van der Waals surface area contributed by atoms with Crippen LogP contribution in [0.25, 0.3) is 0 Å². The quantitative estimate of drug-likeness (QED) is 0.834. The lowest BCUT2D eigenvalue weighted by atomic mass is 10.3. The molecule has 0 bridgehead atoms. The van der Waals surface area contributed by atoms with Gasteiger partial charge in [0.05, 0.1) is 11.4 Å². The van der Waals surface area contributed by atoms with Crippen LogP contribution < -0.4 is 14.8 Å². The number of rotatable bonds is 4. The highest BCUT2D eigenvalue weighted by molar-refractivity contribution is 7.89. The fraction of sp³-hybridized carbons (Fsp3) is 0.417. The summed E-state index contributed by atoms with van der Waals surface area (Å²) in [7, 11) is -0.941. The Hall–Kier alpha value is -1.80. The number of benzene rings is 1. The molecule has 0 spiro atoms. The molecule has 110 valence electrons. The molecule has 0 unspecified atom stereocenters. The van der Waals surface area contributed by atoms with Crippen molar-refractivity contribution in [1.29, 1.82) is 0 Å². The Morgan fingerprint density at radius 1 is 1.30 bits per heavy atom. The van der Waals surface area contributed by atoms with Crippen LogP contribution in [-0.2, 0) is 14.8 Å². The Morgan fingerprint density at radius 3 is 2.60 bits per heavy atom. The zero-order valence-corrected chi connectivity index (χ0v) is 12.1. The lowest BCUT2D eigenvalue weighted by molar-refractivity contribution is -0.120. The first-order chi connectivity index (χ1) is 9.45. The van der Waals surface area contributed by atoms with Gasteiger partial charge in [-0.1, -0.05) is 0 Å². The molecule has 1 aromatic carbocycles. The van der Waals surface area contributed by atoms with E-state index in [9.17, 15) is 13.2 Å². The Balaban J connectivity index is 2.27. The first-order valence-corrected chi connectivity index (χ1v) is 7.45. The SMILES string of the molecule is CNC(=O)CN(C)S(=O)(=O)c1ccc2c(c1)OCCO2. The maximum atomic E-state index is 12.3. The van der Waals surface area contributed by atoms with Gasteiger partial charge in [0, 0.05) is 20.2 Å². The van der Waals surface area contributed by atoms with Gasteiger partial charge in [0.1, 0.15) is 13.2 Å². The number of likely N-dealkylation sites (N-methyl/N-ethyl adjacent to an activating group) is 2. The monoisotopic (exact) mass is 300 g/mol. The van der Waals surface area contributed by atoms with Gasteiger partial charge < -0.3 is 14.8 Å². The fourth-order valence-corrected chi connectivity index (χ4v) is 2.87. The lowest BCUT2D eigenvalue weighted by Crippen LogP contribution is -2.36. The van der Waals surface area contributed by atoms with Crippen molar-refractivity contribution in [3.63, 3.8) is 0 Å². The summed E-state index contributed by atoms with van der Waals surface area (Å²) < 4.78 is 36.3. The topological polar surface area (TPSA) is 84.9 Å². The van der Waals surface area contributed by atoms with Gasteiger partial charge in [0.25, 0.3) is 0 Å². The molecule has 0 atom stereocenters. The molecule has 0 fully saturated rings. The minimum absolute atomic E-state index is 0.0631. The van der Waals surface area contributed by atoms with E-state index in [4.69, 9.17) is 9.47 Å². The predicted octanol–water partition coefficient (Wildman–Crippen LogP) is -0.176. The van der Waals surface area contributed by atoms with Crippen LogP contribution in [0.15, 0.2) is 23.1 Å². The zero-order valence-electron chi connectivity index (χ0n) is 11.3. The van der Waals surface area contributed by atoms with Crippen LogP contribution in [0.2, 0.25) is 0 Å². The number of carbonyl (C=O) groups excluding carboxylic acids is 1. The van der Waals surface area contributed by atoms with Gasteiger partial charge in [-0.25, -0.2) is 8.42 Å². The van der Waals surface area contributed by atoms with Gasteiger partial charge >= 0.3 is 0 Å². The Labute approximate surface area is 117 Å². The van der Waals surface area contributed by atoms with E-state index in [1.54, 1.807) is 6.07 Å². The minimum atomic E-state index is -3.74. The molecule has 1 aliphatic rings. The maximum absolute atomic E-state index is 12.3. The third-order valence-electron chi connectivity index (χ3n) is 2.87. The summed E-state index contributed by atoms with van der Waals surface area (Å²) in [6.45, 7) is 0.577. The van der Waals surface area contributed by atoms with Crippen molar-refractivity contribution < 1.29 is 22.7 Å². The van der Waals surface area contributed by atoms with E-state index < -0.39 is 10.0 Å². The van der Waals surface area contributed by atoms with E-state index in [0.717, 1.165) is 4.31 Å². The summed E-state index contributed by atoms with van der Waals surface area (Å²) in [5.74, 6) is 0.531. The molecule has 1 N–H and O–H groups in total. The molecule has 7 nitrogen and oxygen atoms in total. The van der Waals surface area contributed by atoms with Gasteiger partial charge in [0.2, 0.25) is 15.9 Å². The number of nitrogens with zero attached hydrogens (tertiary/aromatic N) is 1. The van der Waals surface area contributed by atoms with Crippen LogP contribution in [0.5, 0.6) is 11.5 Å². The molecule has 8 heteroatoms. The summed E-state index contributed by atoms with van der Waals surface area (Å²) in [5, 5.41) is 2.38. The largest absolute Gasteiger partial charge is 0.486 e. The van der Waals surface area contributed by atoms with Gasteiger partial charge in [0.15, 0.2) is 11.5 Å². The first-order valence-electron chi connectivity index (χ1n) is 6.01. The number of hydrogen-bond donors (Lipinski definition) is 1. The van der Waals surface area contributed by atoms with Crippen LogP contribution in [0, 0.1) is 0 Å². The molecule has 0 aliphatic carbocycles. The molecular weight excluding hydrogens is 284 g/mol. The molecule has 0 saturated heterocycles. The first kappa shape index (κ1) is 14.6. The van der Waals surface area contributed by atoms with E-state index in [1.807, 2.05) is 0 Å². The average molecular weight is 300 g/mol. The summed E-state index contributed by atoms with van der Waals surface area (Å²) in [6, 6.07) is 4.39. The van der Waals surface area contributed by atoms with Crippen molar-refractivity contribution in [2.24, 2.45) is 0 Å². The summed E-state index contributed by atoms with van der Waals surface area (Å²) >= 11 is 0. The van der Waals surface area contributed by atoms with Crippen LogP contribution in [0.3, 0.4) is 0 Å². The van der Waals surface area contributed by atoms with Crippen molar-refractivity contribution in [3.8, 4) is 11.5 Å². The summed E-state index contributed by atoms with van der Waals surface area (Å²) in [6.07, 6.45) is 0. The number of nitrogens with one attached hydrogen (secondary N) is 1. The molecule has 0 saturated carbocycles. The molecule has 0 radical (unpaired) electrons. The Morgan fingerprint density at radius 2 is 1.95 bits per heavy atom. The Kier molecular flexibility index (Phi) is 4.15. The molecule has 1 aromatic rings. The van der Waals surface area contributed by atoms with Crippen molar-refractivity contribution in [2.75, 3.05) is 33.9 Å². The van der Waals surface area contributed by atoms with Crippen molar-refractivity contribution in [3.05, 3.63) is 18.2 Å². The van der Waals surface area contributed by atoms with Crippen LogP contribution in [0.1, 0.15) is 0 Å². The number of ether oxygens (including phenoxy) is 2. The normalized spacial score (nSPS) is 14.2. The smallest absolute Gasteiger partial charge is 0.243 e. The van der Waals surface area contributed by atoms with Crippen molar-refractivity contribution in [2.45, 2.75) is 4.90 Å². The third kappa shape index (κ3) is 2.86. The van der Waals surface area contributed by atoms with E-state index in [0.29, 0.717) is 24.7 Å². The van der Waals surface area contributed by atoms with Gasteiger partial charge in [-0.3, -0.25) is 4.79 Å². The molecule has 1 amide bonds. The van der Waals surface area contributed by atoms with Crippen molar-refractivity contribution >= 4 is 15.9 Å². The number of sulfonamides is 1. The number of fused-ring (bicyclic) bond motifs is 1. The summed E-state index contributed by atoms with van der Waals surface area (Å²) in [4.78, 5) is 11.3. The van der Waals surface area contributed by atoms with E-state index in [-0.39, 0.29) is 17.3 Å². The summed E-state index contributed by atoms with van der Waals surface area (Å²) in [5.41, 5.74) is 0. The van der Waals surface area contributed by atoms with E-state index in [2.05, 4.69) is 5.32 Å². The minimum Gasteiger partial charge on any atom is -0.486 e. The van der Waals surface area contributed by atoms with Crippen LogP contribution in [0.4, 0.5) is 0 Å². The molecule has 0 aromatic heterocycles. The van der Waals surface area contributed by atoms with E-state index in [1.165, 1.54) is 26.2 Å². The number of carbonyl (C=O) groups is 1. The zero-order chi connectivity index (χ0) is 14.8. The molecular formula is C12H16N2O5S. The third-order valence-corrected chi connectivity index (χ3v) is 4.67. The fourth-order valence-electron chi connectivity index (χ4n) is 1.73. The molecule has 1 heterocycles. The van der Waals surface area contributed by atoms with Gasteiger partial charge in [-0.15, -0.1) is 0 Å². The predicted molar refractivity (Wildman–Crippen MR) is 71.3 cm³/mol. The average Bonchev–Trinajstić information content (AvgIpc) is 2.46. The second-order valence-corrected chi connectivity index (χ2v) is 6.28. The standard InChI is InChI=1S/C12H16N2O5S/c1-13-12(15)8-14(2)20(16,17)9-3-4-10-11(7-9)19-6-5-18-10/h3-4,7H,5-6,8H2,1-2H3,(H,13,15).